The standard InChI is InChI=1S/C17H21F2N3O3/c18-14-2-1-12(9-15(14)19)17(24)22-6-4-21(5-7-22)16(23)10-13-11-25-8-3-20-13/h1-2,9,13,20H,3-8,10-11H2. The number of nitrogens with one attached hydrogen (secondary N) is 1. The van der Waals surface area contributed by atoms with E-state index in [-0.39, 0.29) is 23.4 Å². The molecular weight excluding hydrogens is 332 g/mol. The number of carbonyl (C=O) groups excluding carboxylic acids is 2. The highest BCUT2D eigenvalue weighted by molar-refractivity contribution is 5.94. The van der Waals surface area contributed by atoms with E-state index in [4.69, 9.17) is 4.74 Å². The SMILES string of the molecule is O=C(CC1COCCN1)N1CCN(C(=O)c2ccc(F)c(F)c2)CC1. The van der Waals surface area contributed by atoms with Crippen molar-refractivity contribution in [3.05, 3.63) is 35.4 Å². The van der Waals surface area contributed by atoms with Crippen molar-refractivity contribution < 1.29 is 23.1 Å². The summed E-state index contributed by atoms with van der Waals surface area (Å²) < 4.78 is 31.6. The van der Waals surface area contributed by atoms with Crippen LogP contribution in [-0.4, -0.2) is 73.6 Å². The zero-order valence-corrected chi connectivity index (χ0v) is 13.8. The molecule has 2 amide bonds. The number of piperazine rings is 1. The molecule has 25 heavy (non-hydrogen) atoms. The molecule has 2 heterocycles. The summed E-state index contributed by atoms with van der Waals surface area (Å²) in [5.41, 5.74) is 0.113. The second-order valence-electron chi connectivity index (χ2n) is 6.23. The molecule has 2 aliphatic heterocycles. The number of ether oxygens (including phenoxy) is 1. The summed E-state index contributed by atoms with van der Waals surface area (Å²) in [6.07, 6.45) is 0.372. The number of amides is 2. The van der Waals surface area contributed by atoms with Crippen molar-refractivity contribution in [2.75, 3.05) is 45.9 Å². The molecule has 2 saturated heterocycles. The van der Waals surface area contributed by atoms with Crippen molar-refractivity contribution in [3.8, 4) is 0 Å². The molecule has 2 fully saturated rings. The number of rotatable bonds is 3. The lowest BCUT2D eigenvalue weighted by molar-refractivity contribution is -0.133. The molecule has 1 aromatic rings. The average Bonchev–Trinajstić information content (AvgIpc) is 2.64. The third-order valence-electron chi connectivity index (χ3n) is 4.51. The molecule has 1 N–H and O–H groups in total. The van der Waals surface area contributed by atoms with Crippen LogP contribution in [0.4, 0.5) is 8.78 Å². The first-order valence-corrected chi connectivity index (χ1v) is 8.38. The molecule has 2 aliphatic rings. The highest BCUT2D eigenvalue weighted by Crippen LogP contribution is 2.14. The summed E-state index contributed by atoms with van der Waals surface area (Å²) >= 11 is 0. The molecule has 0 radical (unpaired) electrons. The number of morpholine rings is 1. The maximum atomic E-state index is 13.3. The number of halogens is 2. The fourth-order valence-corrected chi connectivity index (χ4v) is 3.06. The Labute approximate surface area is 144 Å². The van der Waals surface area contributed by atoms with Crippen LogP contribution < -0.4 is 5.32 Å². The molecule has 1 aromatic carbocycles. The van der Waals surface area contributed by atoms with Crippen LogP contribution in [0.25, 0.3) is 0 Å². The van der Waals surface area contributed by atoms with Gasteiger partial charge in [-0.25, -0.2) is 8.78 Å². The van der Waals surface area contributed by atoms with Crippen molar-refractivity contribution in [2.24, 2.45) is 0 Å². The maximum Gasteiger partial charge on any atom is 0.254 e. The lowest BCUT2D eigenvalue weighted by Crippen LogP contribution is -2.52. The Morgan fingerprint density at radius 1 is 1.12 bits per heavy atom. The van der Waals surface area contributed by atoms with Crippen molar-refractivity contribution in [3.63, 3.8) is 0 Å². The number of nitrogens with zero attached hydrogens (tertiary/aromatic N) is 2. The van der Waals surface area contributed by atoms with Crippen LogP contribution in [0, 0.1) is 11.6 Å². The van der Waals surface area contributed by atoms with Gasteiger partial charge in [-0.15, -0.1) is 0 Å². The monoisotopic (exact) mass is 353 g/mol. The maximum absolute atomic E-state index is 13.3. The first-order chi connectivity index (χ1) is 12.0. The zero-order chi connectivity index (χ0) is 17.8. The third kappa shape index (κ3) is 4.32. The van der Waals surface area contributed by atoms with E-state index < -0.39 is 11.6 Å². The minimum atomic E-state index is -1.04. The lowest BCUT2D eigenvalue weighted by atomic mass is 10.1. The van der Waals surface area contributed by atoms with Crippen LogP contribution in [0.1, 0.15) is 16.8 Å². The molecule has 0 spiro atoms. The minimum absolute atomic E-state index is 0.0305. The summed E-state index contributed by atoms with van der Waals surface area (Å²) in [4.78, 5) is 28.0. The second-order valence-corrected chi connectivity index (χ2v) is 6.23. The quantitative estimate of drug-likeness (QED) is 0.866. The average molecular weight is 353 g/mol. The zero-order valence-electron chi connectivity index (χ0n) is 13.8. The molecule has 8 heteroatoms. The van der Waals surface area contributed by atoms with Crippen molar-refractivity contribution in [1.82, 2.24) is 15.1 Å². The van der Waals surface area contributed by atoms with Crippen LogP contribution in [-0.2, 0) is 9.53 Å². The fourth-order valence-electron chi connectivity index (χ4n) is 3.06. The molecular formula is C17H21F2N3O3. The Morgan fingerprint density at radius 2 is 1.84 bits per heavy atom. The van der Waals surface area contributed by atoms with E-state index in [0.29, 0.717) is 45.8 Å². The predicted molar refractivity (Wildman–Crippen MR) is 86.1 cm³/mol. The summed E-state index contributed by atoms with van der Waals surface area (Å²) in [6, 6.07) is 3.15. The summed E-state index contributed by atoms with van der Waals surface area (Å²) in [6.45, 7) is 3.55. The van der Waals surface area contributed by atoms with Crippen LogP contribution in [0.2, 0.25) is 0 Å². The van der Waals surface area contributed by atoms with E-state index in [2.05, 4.69) is 5.32 Å². The smallest absolute Gasteiger partial charge is 0.254 e. The van der Waals surface area contributed by atoms with Gasteiger partial charge in [0.25, 0.3) is 5.91 Å². The van der Waals surface area contributed by atoms with Crippen LogP contribution in [0.3, 0.4) is 0 Å². The van der Waals surface area contributed by atoms with E-state index in [0.717, 1.165) is 18.7 Å². The fraction of sp³-hybridized carbons (Fsp3) is 0.529. The molecule has 0 aliphatic carbocycles. The van der Waals surface area contributed by atoms with E-state index in [1.807, 2.05) is 0 Å². The van der Waals surface area contributed by atoms with Gasteiger partial charge in [-0.05, 0) is 18.2 Å². The number of carbonyl (C=O) groups is 2. The molecule has 0 bridgehead atoms. The number of benzene rings is 1. The summed E-state index contributed by atoms with van der Waals surface area (Å²) in [5, 5.41) is 3.24. The van der Waals surface area contributed by atoms with E-state index in [1.165, 1.54) is 6.07 Å². The van der Waals surface area contributed by atoms with Crippen molar-refractivity contribution in [1.29, 1.82) is 0 Å². The van der Waals surface area contributed by atoms with Gasteiger partial charge in [-0.2, -0.15) is 0 Å². The topological polar surface area (TPSA) is 61.9 Å². The summed E-state index contributed by atoms with van der Waals surface area (Å²) in [5.74, 6) is -2.34. The lowest BCUT2D eigenvalue weighted by Gasteiger charge is -2.36. The molecule has 0 saturated carbocycles. The minimum Gasteiger partial charge on any atom is -0.378 e. The molecule has 1 atom stereocenters. The largest absolute Gasteiger partial charge is 0.378 e. The van der Waals surface area contributed by atoms with E-state index in [9.17, 15) is 18.4 Å². The van der Waals surface area contributed by atoms with Crippen molar-refractivity contribution in [2.45, 2.75) is 12.5 Å². The molecule has 3 rings (SSSR count). The van der Waals surface area contributed by atoms with Gasteiger partial charge < -0.3 is 19.9 Å². The van der Waals surface area contributed by atoms with E-state index >= 15 is 0 Å². The first-order valence-electron chi connectivity index (χ1n) is 8.38. The first kappa shape index (κ1) is 17.8. The molecule has 6 nitrogen and oxygen atoms in total. The third-order valence-corrected chi connectivity index (χ3v) is 4.51. The van der Waals surface area contributed by atoms with Gasteiger partial charge in [0.05, 0.1) is 13.2 Å². The predicted octanol–water partition coefficient (Wildman–Crippen LogP) is 0.628. The van der Waals surface area contributed by atoms with Gasteiger partial charge in [0.15, 0.2) is 11.6 Å². The summed E-state index contributed by atoms with van der Waals surface area (Å²) in [7, 11) is 0. The van der Waals surface area contributed by atoms with Gasteiger partial charge in [-0.3, -0.25) is 9.59 Å². The van der Waals surface area contributed by atoms with Crippen LogP contribution in [0.5, 0.6) is 0 Å². The van der Waals surface area contributed by atoms with Gasteiger partial charge >= 0.3 is 0 Å². The molecule has 1 unspecified atom stereocenters. The van der Waals surface area contributed by atoms with Gasteiger partial charge in [-0.1, -0.05) is 0 Å². The molecule has 136 valence electrons. The van der Waals surface area contributed by atoms with Crippen molar-refractivity contribution >= 4 is 11.8 Å². The second kappa shape index (κ2) is 7.88. The normalized spacial score (nSPS) is 21.3. The Balaban J connectivity index is 1.51. The van der Waals surface area contributed by atoms with Gasteiger partial charge in [0, 0.05) is 50.7 Å². The Bertz CT molecular complexity index is 642. The number of hydrogen-bond donors (Lipinski definition) is 1. The van der Waals surface area contributed by atoms with Crippen LogP contribution >= 0.6 is 0 Å². The Hall–Kier alpha value is -2.06. The molecule has 0 aromatic heterocycles. The highest BCUT2D eigenvalue weighted by atomic mass is 19.2. The van der Waals surface area contributed by atoms with Crippen LogP contribution in [0.15, 0.2) is 18.2 Å². The highest BCUT2D eigenvalue weighted by Gasteiger charge is 2.27. The van der Waals surface area contributed by atoms with E-state index in [1.54, 1.807) is 9.80 Å². The van der Waals surface area contributed by atoms with Gasteiger partial charge in [0.2, 0.25) is 5.91 Å². The Kier molecular flexibility index (Phi) is 5.60. The number of hydrogen-bond acceptors (Lipinski definition) is 4. The van der Waals surface area contributed by atoms with Gasteiger partial charge in [0.1, 0.15) is 0 Å². The Morgan fingerprint density at radius 3 is 2.48 bits per heavy atom.